The van der Waals surface area contributed by atoms with Crippen molar-refractivity contribution in [3.05, 3.63) is 29.8 Å². The van der Waals surface area contributed by atoms with Gasteiger partial charge in [0, 0.05) is 19.4 Å². The van der Waals surface area contributed by atoms with E-state index in [-0.39, 0.29) is 5.60 Å². The molecule has 0 saturated carbocycles. The van der Waals surface area contributed by atoms with Gasteiger partial charge in [-0.1, -0.05) is 18.2 Å². The van der Waals surface area contributed by atoms with Gasteiger partial charge in [-0.05, 0) is 18.2 Å². The van der Waals surface area contributed by atoms with E-state index in [1.807, 2.05) is 6.07 Å². The highest BCUT2D eigenvalue weighted by Gasteiger charge is 2.41. The summed E-state index contributed by atoms with van der Waals surface area (Å²) in [6.07, 6.45) is 2.22. The number of para-hydroxylation sites is 1. The van der Waals surface area contributed by atoms with Crippen LogP contribution in [0.4, 0.5) is 0 Å². The third-order valence-corrected chi connectivity index (χ3v) is 3.02. The van der Waals surface area contributed by atoms with Crippen molar-refractivity contribution in [1.29, 1.82) is 0 Å². The minimum Gasteiger partial charge on any atom is -0.485 e. The predicted molar refractivity (Wildman–Crippen MR) is 51.0 cm³/mol. The van der Waals surface area contributed by atoms with Gasteiger partial charge in [-0.2, -0.15) is 0 Å². The summed E-state index contributed by atoms with van der Waals surface area (Å²) >= 11 is 0. The Bertz CT molecular complexity index is 302. The van der Waals surface area contributed by atoms with Crippen LogP contribution in [0.3, 0.4) is 0 Å². The van der Waals surface area contributed by atoms with Crippen LogP contribution in [0.1, 0.15) is 12.0 Å². The summed E-state index contributed by atoms with van der Waals surface area (Å²) in [6, 6.07) is 8.37. The van der Waals surface area contributed by atoms with Crippen molar-refractivity contribution in [2.45, 2.75) is 18.4 Å². The zero-order valence-corrected chi connectivity index (χ0v) is 7.55. The van der Waals surface area contributed by atoms with Crippen molar-refractivity contribution < 1.29 is 4.74 Å². The molecule has 1 spiro atoms. The summed E-state index contributed by atoms with van der Waals surface area (Å²) in [5.41, 5.74) is 1.45. The van der Waals surface area contributed by atoms with Gasteiger partial charge in [0.2, 0.25) is 0 Å². The smallest absolute Gasteiger partial charge is 0.127 e. The molecular formula is C11H13NO. The molecule has 3 rings (SSSR count). The van der Waals surface area contributed by atoms with Gasteiger partial charge in [-0.3, -0.25) is 0 Å². The maximum absolute atomic E-state index is 5.99. The number of hydrogen-bond acceptors (Lipinski definition) is 2. The Morgan fingerprint density at radius 1 is 1.31 bits per heavy atom. The minimum atomic E-state index is 0.0870. The first-order valence-electron chi connectivity index (χ1n) is 4.86. The highest BCUT2D eigenvalue weighted by molar-refractivity contribution is 5.39. The van der Waals surface area contributed by atoms with Crippen LogP contribution in [0.2, 0.25) is 0 Å². The van der Waals surface area contributed by atoms with Crippen LogP contribution in [0.25, 0.3) is 0 Å². The lowest BCUT2D eigenvalue weighted by molar-refractivity contribution is 0.118. The van der Waals surface area contributed by atoms with Crippen LogP contribution in [0.5, 0.6) is 5.75 Å². The molecule has 2 aliphatic heterocycles. The second-order valence-electron chi connectivity index (χ2n) is 4.00. The van der Waals surface area contributed by atoms with E-state index >= 15 is 0 Å². The fourth-order valence-corrected chi connectivity index (χ4v) is 2.32. The molecule has 2 heterocycles. The van der Waals surface area contributed by atoms with Crippen molar-refractivity contribution in [3.8, 4) is 5.75 Å². The molecule has 1 N–H and O–H groups in total. The van der Waals surface area contributed by atoms with Gasteiger partial charge in [-0.15, -0.1) is 0 Å². The molecule has 1 aromatic rings. The molecule has 1 saturated heterocycles. The summed E-state index contributed by atoms with van der Waals surface area (Å²) in [5.74, 6) is 1.09. The topological polar surface area (TPSA) is 21.3 Å². The lowest BCUT2D eigenvalue weighted by Gasteiger charge is -2.21. The quantitative estimate of drug-likeness (QED) is 0.642. The summed E-state index contributed by atoms with van der Waals surface area (Å²) in [6.45, 7) is 2.09. The van der Waals surface area contributed by atoms with E-state index in [4.69, 9.17) is 4.74 Å². The standard InChI is InChI=1S/C11H13NO/c1-2-4-10-9(3-1)7-11(13-10)5-6-12-8-11/h1-4,12H,5-8H2/t11-/m0/s1. The number of benzene rings is 1. The third kappa shape index (κ3) is 1.05. The number of nitrogens with one attached hydrogen (secondary N) is 1. The molecule has 1 aromatic carbocycles. The Balaban J connectivity index is 1.96. The molecule has 2 aliphatic rings. The summed E-state index contributed by atoms with van der Waals surface area (Å²) < 4.78 is 5.99. The average Bonchev–Trinajstić information content (AvgIpc) is 2.72. The summed E-state index contributed by atoms with van der Waals surface area (Å²) in [4.78, 5) is 0. The van der Waals surface area contributed by atoms with Crippen LogP contribution in [0.15, 0.2) is 24.3 Å². The van der Waals surface area contributed by atoms with Gasteiger partial charge < -0.3 is 10.1 Å². The largest absolute Gasteiger partial charge is 0.485 e. The van der Waals surface area contributed by atoms with Crippen molar-refractivity contribution in [2.75, 3.05) is 13.1 Å². The van der Waals surface area contributed by atoms with E-state index in [2.05, 4.69) is 23.5 Å². The van der Waals surface area contributed by atoms with Gasteiger partial charge in [0.05, 0.1) is 0 Å². The monoisotopic (exact) mass is 175 g/mol. The molecule has 0 amide bonds. The lowest BCUT2D eigenvalue weighted by atomic mass is 9.97. The van der Waals surface area contributed by atoms with Gasteiger partial charge in [0.25, 0.3) is 0 Å². The lowest BCUT2D eigenvalue weighted by Crippen LogP contribution is -2.36. The van der Waals surface area contributed by atoms with Gasteiger partial charge in [-0.25, -0.2) is 0 Å². The highest BCUT2D eigenvalue weighted by Crippen LogP contribution is 2.37. The number of ether oxygens (including phenoxy) is 1. The Kier molecular flexibility index (Phi) is 1.41. The summed E-state index contributed by atoms with van der Waals surface area (Å²) in [5, 5.41) is 3.36. The minimum absolute atomic E-state index is 0.0870. The van der Waals surface area contributed by atoms with E-state index in [9.17, 15) is 0 Å². The van der Waals surface area contributed by atoms with Crippen molar-refractivity contribution in [2.24, 2.45) is 0 Å². The van der Waals surface area contributed by atoms with Crippen molar-refractivity contribution in [1.82, 2.24) is 5.32 Å². The Morgan fingerprint density at radius 2 is 2.23 bits per heavy atom. The molecule has 0 bridgehead atoms. The molecular weight excluding hydrogens is 162 g/mol. The normalized spacial score (nSPS) is 30.5. The molecule has 0 aromatic heterocycles. The number of fused-ring (bicyclic) bond motifs is 1. The fraction of sp³-hybridized carbons (Fsp3) is 0.455. The highest BCUT2D eigenvalue weighted by atomic mass is 16.5. The first-order chi connectivity index (χ1) is 6.38. The van der Waals surface area contributed by atoms with E-state index < -0.39 is 0 Å². The first kappa shape index (κ1) is 7.39. The average molecular weight is 175 g/mol. The van der Waals surface area contributed by atoms with Gasteiger partial charge in [0.15, 0.2) is 0 Å². The molecule has 13 heavy (non-hydrogen) atoms. The van der Waals surface area contributed by atoms with Gasteiger partial charge >= 0.3 is 0 Å². The SMILES string of the molecule is c1ccc2c(c1)C[C@]1(CCNC1)O2. The van der Waals surface area contributed by atoms with Crippen molar-refractivity contribution >= 4 is 0 Å². The number of rotatable bonds is 0. The Labute approximate surface area is 77.9 Å². The van der Waals surface area contributed by atoms with E-state index in [0.29, 0.717) is 0 Å². The second-order valence-corrected chi connectivity index (χ2v) is 4.00. The third-order valence-electron chi connectivity index (χ3n) is 3.02. The molecule has 1 atom stereocenters. The van der Waals surface area contributed by atoms with Crippen LogP contribution in [-0.2, 0) is 6.42 Å². The van der Waals surface area contributed by atoms with Gasteiger partial charge in [0.1, 0.15) is 11.4 Å². The van der Waals surface area contributed by atoms with E-state index in [1.54, 1.807) is 0 Å². The first-order valence-corrected chi connectivity index (χ1v) is 4.86. The predicted octanol–water partition coefficient (Wildman–Crippen LogP) is 1.35. The van der Waals surface area contributed by atoms with E-state index in [0.717, 1.165) is 31.7 Å². The Hall–Kier alpha value is -1.02. The van der Waals surface area contributed by atoms with Crippen LogP contribution in [0, 0.1) is 0 Å². The van der Waals surface area contributed by atoms with E-state index in [1.165, 1.54) is 5.56 Å². The fourth-order valence-electron chi connectivity index (χ4n) is 2.32. The molecule has 1 fully saturated rings. The second kappa shape index (κ2) is 2.48. The zero-order valence-electron chi connectivity index (χ0n) is 7.55. The molecule has 0 aliphatic carbocycles. The molecule has 2 nitrogen and oxygen atoms in total. The zero-order chi connectivity index (χ0) is 8.73. The maximum Gasteiger partial charge on any atom is 0.127 e. The molecule has 0 unspecified atom stereocenters. The Morgan fingerprint density at radius 3 is 3.00 bits per heavy atom. The molecule has 2 heteroatoms. The maximum atomic E-state index is 5.99. The van der Waals surface area contributed by atoms with Crippen molar-refractivity contribution in [3.63, 3.8) is 0 Å². The van der Waals surface area contributed by atoms with Crippen LogP contribution < -0.4 is 10.1 Å². The van der Waals surface area contributed by atoms with Crippen LogP contribution in [-0.4, -0.2) is 18.7 Å². The molecule has 0 radical (unpaired) electrons. The van der Waals surface area contributed by atoms with Crippen LogP contribution >= 0.6 is 0 Å². The number of hydrogen-bond donors (Lipinski definition) is 1. The molecule has 68 valence electrons. The summed E-state index contributed by atoms with van der Waals surface area (Å²) in [7, 11) is 0.